The Bertz CT molecular complexity index is 989. The van der Waals surface area contributed by atoms with E-state index in [1.165, 1.54) is 0 Å². The van der Waals surface area contributed by atoms with E-state index in [1.54, 1.807) is 24.3 Å². The summed E-state index contributed by atoms with van der Waals surface area (Å²) in [5.74, 6) is -0.0319. The number of anilines is 1. The van der Waals surface area contributed by atoms with Crippen molar-refractivity contribution in [1.82, 2.24) is 16.0 Å². The zero-order valence-corrected chi connectivity index (χ0v) is 19.7. The van der Waals surface area contributed by atoms with Gasteiger partial charge in [0.2, 0.25) is 5.91 Å². The SMILES string of the molecule is C#CCN(CC1CCC2NC(C)NC(=O)C2C1)c1ccc(C(=O)NC(CCC(=O)O)C(=O)O)cc1. The van der Waals surface area contributed by atoms with Crippen LogP contribution in [0.25, 0.3) is 0 Å². The highest BCUT2D eigenvalue weighted by atomic mass is 16.4. The molecule has 0 spiro atoms. The molecular formula is C25H32N4O6. The lowest BCUT2D eigenvalue weighted by Crippen LogP contribution is -2.61. The lowest BCUT2D eigenvalue weighted by atomic mass is 9.76. The molecule has 188 valence electrons. The largest absolute Gasteiger partial charge is 0.481 e. The third-order valence-corrected chi connectivity index (χ3v) is 6.62. The summed E-state index contributed by atoms with van der Waals surface area (Å²) in [4.78, 5) is 49.1. The summed E-state index contributed by atoms with van der Waals surface area (Å²) < 4.78 is 0. The first-order valence-corrected chi connectivity index (χ1v) is 11.8. The molecule has 0 bridgehead atoms. The average Bonchev–Trinajstić information content (AvgIpc) is 2.81. The Morgan fingerprint density at radius 3 is 2.57 bits per heavy atom. The summed E-state index contributed by atoms with van der Waals surface area (Å²) >= 11 is 0. The first-order valence-electron chi connectivity index (χ1n) is 11.8. The number of hydrogen-bond donors (Lipinski definition) is 5. The van der Waals surface area contributed by atoms with Crippen molar-refractivity contribution in [3.8, 4) is 12.3 Å². The number of carboxylic acid groups (broad SMARTS) is 2. The summed E-state index contributed by atoms with van der Waals surface area (Å²) in [6, 6.07) is 5.57. The number of aliphatic carboxylic acids is 2. The number of nitrogens with one attached hydrogen (secondary N) is 3. The van der Waals surface area contributed by atoms with E-state index in [1.807, 2.05) is 11.8 Å². The van der Waals surface area contributed by atoms with E-state index in [-0.39, 0.29) is 42.4 Å². The van der Waals surface area contributed by atoms with Gasteiger partial charge in [0.25, 0.3) is 5.91 Å². The van der Waals surface area contributed by atoms with Crippen molar-refractivity contribution in [3.05, 3.63) is 29.8 Å². The molecule has 35 heavy (non-hydrogen) atoms. The van der Waals surface area contributed by atoms with Gasteiger partial charge in [-0.25, -0.2) is 4.79 Å². The molecule has 1 aromatic carbocycles. The molecule has 2 fully saturated rings. The molecule has 0 aromatic heterocycles. The highest BCUT2D eigenvalue weighted by molar-refractivity contribution is 5.97. The molecule has 2 amide bonds. The number of rotatable bonds is 10. The fraction of sp³-hybridized carbons (Fsp3) is 0.520. The number of carbonyl (C=O) groups excluding carboxylic acids is 2. The van der Waals surface area contributed by atoms with Crippen LogP contribution in [0.2, 0.25) is 0 Å². The third kappa shape index (κ3) is 6.96. The van der Waals surface area contributed by atoms with Crippen LogP contribution in [0.5, 0.6) is 0 Å². The Hall–Kier alpha value is -3.58. The Morgan fingerprint density at radius 1 is 1.23 bits per heavy atom. The Labute approximate surface area is 204 Å². The molecule has 1 aliphatic carbocycles. The van der Waals surface area contributed by atoms with Gasteiger partial charge in [-0.3, -0.25) is 19.7 Å². The standard InChI is InChI=1S/C25H32N4O6/c1-3-12-29(14-16-4-9-20-19(13-16)24(33)27-15(2)26-20)18-7-5-17(6-8-18)23(32)28-21(25(34)35)10-11-22(30)31/h1,5-8,15-16,19-21,26H,4,9-14H2,2H3,(H,27,33)(H,28,32)(H,30,31)(H,34,35). The van der Waals surface area contributed by atoms with Crippen molar-refractivity contribution in [3.63, 3.8) is 0 Å². The Morgan fingerprint density at radius 2 is 1.94 bits per heavy atom. The summed E-state index contributed by atoms with van der Waals surface area (Å²) in [6.45, 7) is 2.99. The number of hydrogen-bond acceptors (Lipinski definition) is 6. The quantitative estimate of drug-likeness (QED) is 0.309. The van der Waals surface area contributed by atoms with Crippen molar-refractivity contribution >= 4 is 29.4 Å². The fourth-order valence-electron chi connectivity index (χ4n) is 4.87. The van der Waals surface area contributed by atoms with Crippen molar-refractivity contribution in [2.24, 2.45) is 11.8 Å². The van der Waals surface area contributed by atoms with Gasteiger partial charge in [0.15, 0.2) is 0 Å². The molecule has 10 nitrogen and oxygen atoms in total. The van der Waals surface area contributed by atoms with E-state index in [0.717, 1.165) is 24.9 Å². The lowest BCUT2D eigenvalue weighted by molar-refractivity contribution is -0.140. The van der Waals surface area contributed by atoms with Crippen LogP contribution in [0, 0.1) is 24.2 Å². The first-order chi connectivity index (χ1) is 16.7. The van der Waals surface area contributed by atoms with E-state index in [9.17, 15) is 24.3 Å². The predicted molar refractivity (Wildman–Crippen MR) is 129 cm³/mol. The van der Waals surface area contributed by atoms with Gasteiger partial charge in [-0.15, -0.1) is 6.42 Å². The maximum Gasteiger partial charge on any atom is 0.326 e. The molecule has 0 radical (unpaired) electrons. The van der Waals surface area contributed by atoms with Crippen molar-refractivity contribution in [2.75, 3.05) is 18.0 Å². The Kier molecular flexibility index (Phi) is 8.71. The van der Waals surface area contributed by atoms with Crippen LogP contribution in [-0.2, 0) is 14.4 Å². The number of nitrogens with zero attached hydrogens (tertiary/aromatic N) is 1. The summed E-state index contributed by atoms with van der Waals surface area (Å²) in [7, 11) is 0. The fourth-order valence-corrected chi connectivity index (χ4v) is 4.87. The summed E-state index contributed by atoms with van der Waals surface area (Å²) in [5.41, 5.74) is 1.08. The third-order valence-electron chi connectivity index (χ3n) is 6.62. The predicted octanol–water partition coefficient (Wildman–Crippen LogP) is 1.02. The molecule has 5 N–H and O–H groups in total. The zero-order chi connectivity index (χ0) is 25.5. The molecule has 1 saturated carbocycles. The van der Waals surface area contributed by atoms with E-state index >= 15 is 0 Å². The van der Waals surface area contributed by atoms with E-state index < -0.39 is 23.9 Å². The molecule has 10 heteroatoms. The highest BCUT2D eigenvalue weighted by Crippen LogP contribution is 2.33. The summed E-state index contributed by atoms with van der Waals surface area (Å²) in [5, 5.41) is 26.8. The summed E-state index contributed by atoms with van der Waals surface area (Å²) in [6.07, 6.45) is 7.67. The number of fused-ring (bicyclic) bond motifs is 1. The van der Waals surface area contributed by atoms with Crippen LogP contribution in [-0.4, -0.2) is 65.3 Å². The van der Waals surface area contributed by atoms with Gasteiger partial charge in [-0.1, -0.05) is 5.92 Å². The van der Waals surface area contributed by atoms with Gasteiger partial charge in [0.05, 0.1) is 18.6 Å². The number of benzene rings is 1. The second-order valence-corrected chi connectivity index (χ2v) is 9.22. The van der Waals surface area contributed by atoms with Crippen LogP contribution in [0.4, 0.5) is 5.69 Å². The monoisotopic (exact) mass is 484 g/mol. The molecular weight excluding hydrogens is 452 g/mol. The molecule has 1 saturated heterocycles. The number of amides is 2. The molecule has 1 heterocycles. The molecule has 1 aromatic rings. The number of terminal acetylenes is 1. The van der Waals surface area contributed by atoms with Gasteiger partial charge in [-0.05, 0) is 62.8 Å². The molecule has 1 aliphatic heterocycles. The van der Waals surface area contributed by atoms with Gasteiger partial charge in [-0.2, -0.15) is 0 Å². The van der Waals surface area contributed by atoms with Crippen LogP contribution in [0.3, 0.4) is 0 Å². The second-order valence-electron chi connectivity index (χ2n) is 9.22. The minimum atomic E-state index is -1.29. The average molecular weight is 485 g/mol. The lowest BCUT2D eigenvalue weighted by Gasteiger charge is -2.42. The van der Waals surface area contributed by atoms with Gasteiger partial charge < -0.3 is 25.7 Å². The smallest absolute Gasteiger partial charge is 0.326 e. The maximum atomic E-state index is 12.5. The molecule has 5 atom stereocenters. The maximum absolute atomic E-state index is 12.5. The number of carbonyl (C=O) groups is 4. The normalized spacial score (nSPS) is 24.3. The van der Waals surface area contributed by atoms with Crippen LogP contribution < -0.4 is 20.9 Å². The van der Waals surface area contributed by atoms with Gasteiger partial charge in [0.1, 0.15) is 6.04 Å². The minimum absolute atomic E-state index is 0.0168. The van der Waals surface area contributed by atoms with Crippen molar-refractivity contribution in [2.45, 2.75) is 57.3 Å². The highest BCUT2D eigenvalue weighted by Gasteiger charge is 2.39. The van der Waals surface area contributed by atoms with Crippen molar-refractivity contribution < 1.29 is 29.4 Å². The van der Waals surface area contributed by atoms with Crippen LogP contribution in [0.15, 0.2) is 24.3 Å². The second kappa shape index (κ2) is 11.7. The van der Waals surface area contributed by atoms with E-state index in [0.29, 0.717) is 19.0 Å². The first kappa shape index (κ1) is 26.0. The van der Waals surface area contributed by atoms with Crippen LogP contribution in [0.1, 0.15) is 49.4 Å². The van der Waals surface area contributed by atoms with E-state index in [2.05, 4.69) is 21.9 Å². The van der Waals surface area contributed by atoms with Gasteiger partial charge >= 0.3 is 11.9 Å². The topological polar surface area (TPSA) is 148 Å². The zero-order valence-electron chi connectivity index (χ0n) is 19.7. The Balaban J connectivity index is 1.63. The number of carboxylic acids is 2. The minimum Gasteiger partial charge on any atom is -0.481 e. The molecule has 3 rings (SSSR count). The molecule has 5 unspecified atom stereocenters. The van der Waals surface area contributed by atoms with Crippen molar-refractivity contribution in [1.29, 1.82) is 0 Å². The molecule has 2 aliphatic rings. The van der Waals surface area contributed by atoms with E-state index in [4.69, 9.17) is 11.5 Å². The van der Waals surface area contributed by atoms with Gasteiger partial charge in [0, 0.05) is 30.3 Å². The van der Waals surface area contributed by atoms with Crippen LogP contribution >= 0.6 is 0 Å².